The molecule has 2 atom stereocenters. The van der Waals surface area contributed by atoms with Gasteiger partial charge in [-0.15, -0.1) is 0 Å². The van der Waals surface area contributed by atoms with Gasteiger partial charge in [0.05, 0.1) is 40.3 Å². The molecule has 0 heterocycles. The van der Waals surface area contributed by atoms with Crippen molar-refractivity contribution in [1.82, 2.24) is 0 Å². The highest BCUT2D eigenvalue weighted by Crippen LogP contribution is 2.18. The van der Waals surface area contributed by atoms with Crippen molar-refractivity contribution in [1.29, 1.82) is 0 Å². The van der Waals surface area contributed by atoms with Crippen molar-refractivity contribution in [3.63, 3.8) is 0 Å². The van der Waals surface area contributed by atoms with Gasteiger partial charge in [0, 0.05) is 12.8 Å². The second-order valence-electron chi connectivity index (χ2n) is 23.1. The minimum atomic E-state index is -1.62. The molecule has 0 spiro atoms. The summed E-state index contributed by atoms with van der Waals surface area (Å²) in [7, 11) is 5.94. The zero-order valence-electron chi connectivity index (χ0n) is 49.3. The van der Waals surface area contributed by atoms with Crippen molar-refractivity contribution < 1.29 is 42.9 Å². The first-order valence-corrected chi connectivity index (χ1v) is 31.8. The maximum Gasteiger partial charge on any atom is 0.306 e. The Labute approximate surface area is 453 Å². The van der Waals surface area contributed by atoms with Gasteiger partial charge in [0.1, 0.15) is 13.2 Å². The number of aliphatic carboxylic acids is 1. The molecule has 0 rings (SSSR count). The van der Waals surface area contributed by atoms with Gasteiger partial charge in [-0.3, -0.25) is 9.59 Å². The minimum absolute atomic E-state index is 0.151. The number of quaternary nitrogens is 1. The maximum atomic E-state index is 12.9. The number of rotatable bonds is 60. The van der Waals surface area contributed by atoms with Crippen molar-refractivity contribution in [2.24, 2.45) is 0 Å². The highest BCUT2D eigenvalue weighted by atomic mass is 16.7. The molecular weight excluding hydrogens is 911 g/mol. The van der Waals surface area contributed by atoms with Gasteiger partial charge in [-0.2, -0.15) is 0 Å². The first-order chi connectivity index (χ1) is 35.6. The third-order valence-corrected chi connectivity index (χ3v) is 14.5. The number of allylic oxidation sites excluding steroid dienone is 2. The first kappa shape index (κ1) is 71.0. The number of ether oxygens (including phenoxy) is 4. The smallest absolute Gasteiger partial charge is 0.306 e. The van der Waals surface area contributed by atoms with E-state index in [2.05, 4.69) is 26.0 Å². The Kier molecular flexibility index (Phi) is 54.7. The van der Waals surface area contributed by atoms with Crippen LogP contribution in [0, 0.1) is 0 Å². The molecule has 9 nitrogen and oxygen atoms in total. The second kappa shape index (κ2) is 56.2. The normalized spacial score (nSPS) is 12.7. The number of likely N-dealkylation sites (N-methyl/N-ethyl adjacent to an activating group) is 1. The number of esters is 2. The summed E-state index contributed by atoms with van der Waals surface area (Å²) in [5.74, 6) is -2.26. The van der Waals surface area contributed by atoms with E-state index < -0.39 is 24.3 Å². The van der Waals surface area contributed by atoms with Crippen LogP contribution in [0.5, 0.6) is 0 Å². The lowest BCUT2D eigenvalue weighted by Gasteiger charge is -2.26. The Hall–Kier alpha value is -1.97. The van der Waals surface area contributed by atoms with Gasteiger partial charge in [0.25, 0.3) is 0 Å². The fraction of sp³-hybridized carbons (Fsp3) is 0.922. The Bertz CT molecular complexity index is 1200. The van der Waals surface area contributed by atoms with Gasteiger partial charge >= 0.3 is 11.9 Å². The summed E-state index contributed by atoms with van der Waals surface area (Å²) in [6.45, 7) is 4.81. The summed E-state index contributed by atoms with van der Waals surface area (Å²) in [5, 5.41) is 11.8. The summed E-state index contributed by atoms with van der Waals surface area (Å²) in [6.07, 6.45) is 62.8. The molecule has 73 heavy (non-hydrogen) atoms. The molecule has 0 bridgehead atoms. The third kappa shape index (κ3) is 57.6. The molecule has 0 saturated heterocycles. The van der Waals surface area contributed by atoms with E-state index in [0.29, 0.717) is 23.9 Å². The van der Waals surface area contributed by atoms with Crippen LogP contribution in [-0.4, -0.2) is 82.3 Å². The van der Waals surface area contributed by atoms with Crippen molar-refractivity contribution in [2.75, 3.05) is 47.5 Å². The quantitative estimate of drug-likeness (QED) is 0.0195. The van der Waals surface area contributed by atoms with Crippen molar-refractivity contribution in [3.05, 3.63) is 12.2 Å². The third-order valence-electron chi connectivity index (χ3n) is 14.5. The standard InChI is InChI=1S/C64H123NO8/c1-6-8-10-12-14-16-18-20-22-24-26-28-29-30-31-32-33-35-36-38-40-42-44-46-48-50-52-54-61(66)71-58-60(59-72-64(63(68)69)70-57-56-65(3,4)5)73-62(67)55-53-51-49-47-45-43-41-39-37-34-27-25-23-21-19-17-15-13-11-9-7-2/h25,27,60,64H,6-24,26,28-59H2,1-5H3/b27-25-. The molecule has 0 aromatic carbocycles. The second-order valence-corrected chi connectivity index (χ2v) is 23.1. The Morgan fingerprint density at radius 3 is 1.01 bits per heavy atom. The zero-order chi connectivity index (χ0) is 53.4. The van der Waals surface area contributed by atoms with Gasteiger partial charge in [-0.05, 0) is 38.5 Å². The molecule has 9 heteroatoms. The molecule has 0 aliphatic rings. The van der Waals surface area contributed by atoms with Crippen LogP contribution in [0.25, 0.3) is 0 Å². The van der Waals surface area contributed by atoms with Gasteiger partial charge < -0.3 is 33.3 Å². The highest BCUT2D eigenvalue weighted by Gasteiger charge is 2.22. The van der Waals surface area contributed by atoms with Crippen LogP contribution in [-0.2, 0) is 33.3 Å². The van der Waals surface area contributed by atoms with Gasteiger partial charge in [-0.1, -0.05) is 283 Å². The fourth-order valence-electron chi connectivity index (χ4n) is 9.59. The lowest BCUT2D eigenvalue weighted by Crippen LogP contribution is -2.44. The molecule has 0 aliphatic heterocycles. The molecule has 432 valence electrons. The van der Waals surface area contributed by atoms with Crippen LogP contribution < -0.4 is 5.11 Å². The maximum absolute atomic E-state index is 12.9. The number of hydrogen-bond acceptors (Lipinski definition) is 8. The van der Waals surface area contributed by atoms with Gasteiger partial charge in [0.15, 0.2) is 12.4 Å². The average Bonchev–Trinajstić information content (AvgIpc) is 3.36. The lowest BCUT2D eigenvalue weighted by atomic mass is 10.0. The molecular formula is C64H123NO8. The van der Waals surface area contributed by atoms with E-state index >= 15 is 0 Å². The number of unbranched alkanes of at least 4 members (excludes halogenated alkanes) is 43. The van der Waals surface area contributed by atoms with Crippen molar-refractivity contribution in [2.45, 2.75) is 334 Å². The average molecular weight is 1030 g/mol. The number of carboxylic acids is 1. The van der Waals surface area contributed by atoms with Crippen LogP contribution in [0.3, 0.4) is 0 Å². The molecule has 0 aromatic rings. The van der Waals surface area contributed by atoms with Crippen LogP contribution in [0.4, 0.5) is 0 Å². The molecule has 2 unspecified atom stereocenters. The molecule has 0 saturated carbocycles. The molecule has 0 amide bonds. The summed E-state index contributed by atoms with van der Waals surface area (Å²) in [6, 6.07) is 0. The van der Waals surface area contributed by atoms with E-state index in [9.17, 15) is 19.5 Å². The van der Waals surface area contributed by atoms with Crippen LogP contribution in [0.15, 0.2) is 12.2 Å². The molecule has 0 fully saturated rings. The van der Waals surface area contributed by atoms with Crippen molar-refractivity contribution in [3.8, 4) is 0 Å². The first-order valence-electron chi connectivity index (χ1n) is 31.8. The van der Waals surface area contributed by atoms with Gasteiger partial charge in [0.2, 0.25) is 0 Å². The predicted octanol–water partition coefficient (Wildman–Crippen LogP) is 17.6. The summed E-state index contributed by atoms with van der Waals surface area (Å²) in [5.41, 5.74) is 0. The fourth-order valence-corrected chi connectivity index (χ4v) is 9.59. The van der Waals surface area contributed by atoms with Gasteiger partial charge in [-0.25, -0.2) is 0 Å². The zero-order valence-corrected chi connectivity index (χ0v) is 49.3. The summed E-state index contributed by atoms with van der Waals surface area (Å²) in [4.78, 5) is 37.4. The molecule has 0 radical (unpaired) electrons. The van der Waals surface area contributed by atoms with E-state index in [1.165, 1.54) is 257 Å². The lowest BCUT2D eigenvalue weighted by molar-refractivity contribution is -0.870. The van der Waals surface area contributed by atoms with Crippen molar-refractivity contribution >= 4 is 17.9 Å². The molecule has 0 aromatic heterocycles. The minimum Gasteiger partial charge on any atom is -0.545 e. The molecule has 0 aliphatic carbocycles. The number of carbonyl (C=O) groups is 3. The van der Waals surface area contributed by atoms with Crippen LogP contribution in [0.1, 0.15) is 322 Å². The Balaban J connectivity index is 4.12. The Morgan fingerprint density at radius 2 is 0.699 bits per heavy atom. The van der Waals surface area contributed by atoms with E-state index in [0.717, 1.165) is 32.1 Å². The largest absolute Gasteiger partial charge is 0.545 e. The number of carbonyl (C=O) groups excluding carboxylic acids is 3. The van der Waals surface area contributed by atoms with E-state index in [1.54, 1.807) is 0 Å². The summed E-state index contributed by atoms with van der Waals surface area (Å²) >= 11 is 0. The van der Waals surface area contributed by atoms with Crippen LogP contribution in [0.2, 0.25) is 0 Å². The summed E-state index contributed by atoms with van der Waals surface area (Å²) < 4.78 is 22.8. The van der Waals surface area contributed by atoms with E-state index in [4.69, 9.17) is 18.9 Å². The SMILES string of the molecule is CCCCCCCCCC/C=C\CCCCCCCCCCCC(=O)OC(COC(=O)CCCCCCCCCCCCCCCCCCCCCCCCCCCCC)COC(OCC[N+](C)(C)C)C(=O)[O-]. The number of carboxylic acid groups (broad SMARTS) is 1. The topological polar surface area (TPSA) is 111 Å². The van der Waals surface area contributed by atoms with E-state index in [1.807, 2.05) is 21.1 Å². The Morgan fingerprint density at radius 1 is 0.397 bits per heavy atom. The molecule has 0 N–H and O–H groups in total. The van der Waals surface area contributed by atoms with E-state index in [-0.39, 0.29) is 32.2 Å². The number of hydrogen-bond donors (Lipinski definition) is 0. The van der Waals surface area contributed by atoms with Crippen LogP contribution >= 0.6 is 0 Å². The predicted molar refractivity (Wildman–Crippen MR) is 307 cm³/mol. The monoisotopic (exact) mass is 1030 g/mol. The number of nitrogens with zero attached hydrogens (tertiary/aromatic N) is 1. The highest BCUT2D eigenvalue weighted by molar-refractivity contribution is 5.70.